The fraction of sp³-hybridized carbons (Fsp3) is 0.778. The van der Waals surface area contributed by atoms with Crippen molar-refractivity contribution < 1.29 is 0 Å². The number of nitrogens with zero attached hydrogens (tertiary/aromatic N) is 3. The molecule has 0 amide bonds. The maximum absolute atomic E-state index is 12.5. The maximum atomic E-state index is 12.5. The van der Waals surface area contributed by atoms with Gasteiger partial charge in [-0.25, -0.2) is 4.68 Å². The van der Waals surface area contributed by atoms with Gasteiger partial charge in [0.1, 0.15) is 0 Å². The Hall–Kier alpha value is -1.36. The van der Waals surface area contributed by atoms with E-state index in [2.05, 4.69) is 43.0 Å². The fourth-order valence-corrected chi connectivity index (χ4v) is 4.17. The predicted octanol–water partition coefficient (Wildman–Crippen LogP) is 2.99. The molecule has 0 spiro atoms. The molecule has 1 fully saturated rings. The summed E-state index contributed by atoms with van der Waals surface area (Å²) in [5.74, 6) is 0. The van der Waals surface area contributed by atoms with Crippen molar-refractivity contribution in [2.75, 3.05) is 32.5 Å². The molecule has 0 aromatic carbocycles. The van der Waals surface area contributed by atoms with E-state index in [1.807, 2.05) is 14.1 Å². The molecule has 1 aromatic heterocycles. The molecule has 1 aliphatic carbocycles. The second-order valence-corrected chi connectivity index (χ2v) is 8.82. The van der Waals surface area contributed by atoms with Gasteiger partial charge in [-0.1, -0.05) is 27.7 Å². The van der Waals surface area contributed by atoms with Crippen LogP contribution >= 0.6 is 0 Å². The monoisotopic (exact) mass is 320 g/mol. The highest BCUT2D eigenvalue weighted by atomic mass is 16.1. The van der Waals surface area contributed by atoms with Crippen LogP contribution in [0.3, 0.4) is 0 Å². The van der Waals surface area contributed by atoms with Crippen LogP contribution in [-0.4, -0.2) is 41.9 Å². The van der Waals surface area contributed by atoms with E-state index in [1.54, 1.807) is 16.9 Å². The Kier molecular flexibility index (Phi) is 5.19. The fourth-order valence-electron chi connectivity index (χ4n) is 4.17. The van der Waals surface area contributed by atoms with E-state index in [0.29, 0.717) is 0 Å². The van der Waals surface area contributed by atoms with Crippen molar-refractivity contribution in [2.24, 2.45) is 10.8 Å². The lowest BCUT2D eigenvalue weighted by atomic mass is 9.63. The lowest BCUT2D eigenvalue weighted by Gasteiger charge is -2.44. The van der Waals surface area contributed by atoms with Crippen molar-refractivity contribution in [3.8, 4) is 0 Å². The molecule has 0 saturated heterocycles. The van der Waals surface area contributed by atoms with Crippen molar-refractivity contribution in [1.82, 2.24) is 14.7 Å². The number of likely N-dealkylation sites (N-methyl/N-ethyl adjacent to an activating group) is 1. The Morgan fingerprint density at radius 2 is 1.87 bits per heavy atom. The van der Waals surface area contributed by atoms with E-state index in [9.17, 15) is 4.79 Å². The van der Waals surface area contributed by atoms with Gasteiger partial charge in [0.2, 0.25) is 0 Å². The minimum atomic E-state index is -0.00152. The average molecular weight is 320 g/mol. The van der Waals surface area contributed by atoms with Crippen LogP contribution in [-0.2, 0) is 0 Å². The molecule has 1 saturated carbocycles. The van der Waals surface area contributed by atoms with Crippen LogP contribution in [0.4, 0.5) is 5.69 Å². The molecule has 2 rings (SSSR count). The third-order valence-corrected chi connectivity index (χ3v) is 4.59. The van der Waals surface area contributed by atoms with E-state index >= 15 is 0 Å². The Morgan fingerprint density at radius 1 is 1.26 bits per heavy atom. The van der Waals surface area contributed by atoms with Gasteiger partial charge in [0.15, 0.2) is 0 Å². The van der Waals surface area contributed by atoms with Gasteiger partial charge in [-0.2, -0.15) is 5.10 Å². The lowest BCUT2D eigenvalue weighted by Crippen LogP contribution is -2.39. The Morgan fingerprint density at radius 3 is 2.39 bits per heavy atom. The summed E-state index contributed by atoms with van der Waals surface area (Å²) in [6.07, 6.45) is 4.99. The topological polar surface area (TPSA) is 50.2 Å². The molecule has 1 N–H and O–H groups in total. The number of aromatic nitrogens is 2. The zero-order valence-corrected chi connectivity index (χ0v) is 15.5. The summed E-state index contributed by atoms with van der Waals surface area (Å²) in [6.45, 7) is 10.9. The van der Waals surface area contributed by atoms with Crippen LogP contribution < -0.4 is 10.9 Å². The standard InChI is InChI=1S/C18H32N4O/c1-17(2)10-15(11-18(3,4)13-17)22-16(23)9-14(12-20-22)19-7-8-21(5)6/h9,12,15,19H,7-8,10-11,13H2,1-6H3. The first-order valence-electron chi connectivity index (χ1n) is 8.56. The van der Waals surface area contributed by atoms with Crippen molar-refractivity contribution in [2.45, 2.75) is 53.0 Å². The molecule has 130 valence electrons. The number of hydrogen-bond acceptors (Lipinski definition) is 4. The van der Waals surface area contributed by atoms with E-state index < -0.39 is 0 Å². The second-order valence-electron chi connectivity index (χ2n) is 8.82. The first kappa shape index (κ1) is 18.0. The highest BCUT2D eigenvalue weighted by molar-refractivity contribution is 5.38. The number of anilines is 1. The molecule has 1 aromatic rings. The molecule has 0 radical (unpaired) electrons. The minimum Gasteiger partial charge on any atom is -0.382 e. The summed E-state index contributed by atoms with van der Waals surface area (Å²) in [6, 6.07) is 1.87. The van der Waals surface area contributed by atoms with Gasteiger partial charge in [-0.3, -0.25) is 4.79 Å². The summed E-state index contributed by atoms with van der Waals surface area (Å²) >= 11 is 0. The SMILES string of the molecule is CN(C)CCNc1cnn(C2CC(C)(C)CC(C)(C)C2)c(=O)c1. The Balaban J connectivity index is 2.13. The van der Waals surface area contributed by atoms with Gasteiger partial charge < -0.3 is 10.2 Å². The van der Waals surface area contributed by atoms with E-state index in [-0.39, 0.29) is 22.4 Å². The summed E-state index contributed by atoms with van der Waals surface area (Å²) in [4.78, 5) is 14.6. The molecular formula is C18H32N4O. The zero-order chi connectivity index (χ0) is 17.3. The smallest absolute Gasteiger partial charge is 0.269 e. The van der Waals surface area contributed by atoms with Crippen LogP contribution in [0.15, 0.2) is 17.1 Å². The number of rotatable bonds is 5. The van der Waals surface area contributed by atoms with Crippen molar-refractivity contribution >= 4 is 5.69 Å². The third-order valence-electron chi connectivity index (χ3n) is 4.59. The molecule has 5 nitrogen and oxygen atoms in total. The van der Waals surface area contributed by atoms with E-state index in [0.717, 1.165) is 31.6 Å². The van der Waals surface area contributed by atoms with Crippen LogP contribution in [0.5, 0.6) is 0 Å². The Labute approximate surface area is 140 Å². The lowest BCUT2D eigenvalue weighted by molar-refractivity contribution is 0.0652. The molecule has 23 heavy (non-hydrogen) atoms. The van der Waals surface area contributed by atoms with Crippen LogP contribution in [0, 0.1) is 10.8 Å². The zero-order valence-electron chi connectivity index (χ0n) is 15.5. The molecule has 0 atom stereocenters. The van der Waals surface area contributed by atoms with Crippen molar-refractivity contribution in [3.63, 3.8) is 0 Å². The largest absolute Gasteiger partial charge is 0.382 e. The van der Waals surface area contributed by atoms with Crippen molar-refractivity contribution in [1.29, 1.82) is 0 Å². The summed E-state index contributed by atoms with van der Waals surface area (Å²) in [7, 11) is 4.06. The number of nitrogens with one attached hydrogen (secondary N) is 1. The quantitative estimate of drug-likeness (QED) is 0.906. The molecule has 0 unspecified atom stereocenters. The van der Waals surface area contributed by atoms with Gasteiger partial charge in [0.25, 0.3) is 5.56 Å². The average Bonchev–Trinajstić information content (AvgIpc) is 2.34. The molecular weight excluding hydrogens is 288 g/mol. The highest BCUT2D eigenvalue weighted by Crippen LogP contribution is 2.49. The highest BCUT2D eigenvalue weighted by Gasteiger charge is 2.39. The van der Waals surface area contributed by atoms with Crippen LogP contribution in [0.25, 0.3) is 0 Å². The molecule has 5 heteroatoms. The van der Waals surface area contributed by atoms with Crippen LogP contribution in [0.1, 0.15) is 53.0 Å². The second kappa shape index (κ2) is 6.63. The maximum Gasteiger partial charge on any atom is 0.269 e. The van der Waals surface area contributed by atoms with Gasteiger partial charge >= 0.3 is 0 Å². The van der Waals surface area contributed by atoms with E-state index in [4.69, 9.17) is 0 Å². The summed E-state index contributed by atoms with van der Waals surface area (Å²) in [5.41, 5.74) is 1.30. The molecule has 0 aliphatic heterocycles. The molecule has 1 aliphatic rings. The van der Waals surface area contributed by atoms with Gasteiger partial charge in [-0.05, 0) is 44.2 Å². The van der Waals surface area contributed by atoms with E-state index in [1.165, 1.54) is 6.42 Å². The summed E-state index contributed by atoms with van der Waals surface area (Å²) < 4.78 is 1.69. The number of hydrogen-bond donors (Lipinski definition) is 1. The Bertz CT molecular complexity index is 573. The summed E-state index contributed by atoms with van der Waals surface area (Å²) in [5, 5.41) is 7.72. The minimum absolute atomic E-state index is 0.00152. The first-order valence-corrected chi connectivity index (χ1v) is 8.56. The predicted molar refractivity (Wildman–Crippen MR) is 96.0 cm³/mol. The first-order chi connectivity index (χ1) is 10.6. The normalized spacial score (nSPS) is 20.7. The van der Waals surface area contributed by atoms with Crippen molar-refractivity contribution in [3.05, 3.63) is 22.6 Å². The van der Waals surface area contributed by atoms with Gasteiger partial charge in [0.05, 0.1) is 17.9 Å². The molecule has 0 bridgehead atoms. The third kappa shape index (κ3) is 5.06. The van der Waals surface area contributed by atoms with Gasteiger partial charge in [-0.15, -0.1) is 0 Å². The van der Waals surface area contributed by atoms with Crippen LogP contribution in [0.2, 0.25) is 0 Å². The molecule has 1 heterocycles. The van der Waals surface area contributed by atoms with Gasteiger partial charge in [0, 0.05) is 19.2 Å².